The topological polar surface area (TPSA) is 98.1 Å². The first-order valence-corrected chi connectivity index (χ1v) is 13.7. The van der Waals surface area contributed by atoms with Crippen molar-refractivity contribution in [1.82, 2.24) is 24.8 Å². The quantitative estimate of drug-likeness (QED) is 0.535. The van der Waals surface area contributed by atoms with Crippen molar-refractivity contribution in [3.05, 3.63) is 42.2 Å². The molecule has 3 atom stereocenters. The molecule has 2 bridgehead atoms. The third kappa shape index (κ3) is 4.67. The van der Waals surface area contributed by atoms with E-state index in [0.29, 0.717) is 47.6 Å². The zero-order valence-electron chi connectivity index (χ0n) is 23.8. The Labute approximate surface area is 229 Å². The lowest BCUT2D eigenvalue weighted by Crippen LogP contribution is -2.51. The van der Waals surface area contributed by atoms with Crippen LogP contribution in [0.15, 0.2) is 36.5 Å². The molecule has 9 heteroatoms. The van der Waals surface area contributed by atoms with Gasteiger partial charge in [0.2, 0.25) is 0 Å². The predicted octanol–water partition coefficient (Wildman–Crippen LogP) is 4.25. The van der Waals surface area contributed by atoms with E-state index in [0.717, 1.165) is 30.6 Å². The number of amides is 1. The number of ether oxygens (including phenoxy) is 2. The molecule has 2 unspecified atom stereocenters. The maximum absolute atomic E-state index is 12.9. The van der Waals surface area contributed by atoms with Crippen LogP contribution in [0.2, 0.25) is 0 Å². The lowest BCUT2D eigenvalue weighted by molar-refractivity contribution is -0.128. The number of nitrogens with zero attached hydrogens (tertiary/aromatic N) is 4. The van der Waals surface area contributed by atoms with Crippen molar-refractivity contribution < 1.29 is 19.1 Å². The Morgan fingerprint density at radius 1 is 1.10 bits per heavy atom. The number of nitrogens with one attached hydrogen (secondary N) is 1. The van der Waals surface area contributed by atoms with Crippen molar-refractivity contribution in [3.63, 3.8) is 0 Å². The number of piperazine rings is 1. The third-order valence-electron chi connectivity index (χ3n) is 9.40. The van der Waals surface area contributed by atoms with Crippen LogP contribution in [-0.2, 0) is 4.79 Å². The minimum Gasteiger partial charge on any atom is -0.493 e. The van der Waals surface area contributed by atoms with Gasteiger partial charge in [0.1, 0.15) is 5.78 Å². The van der Waals surface area contributed by atoms with Crippen LogP contribution in [0, 0.1) is 16.7 Å². The van der Waals surface area contributed by atoms with Gasteiger partial charge in [-0.15, -0.1) is 0 Å². The summed E-state index contributed by atoms with van der Waals surface area (Å²) in [6.07, 6.45) is 4.96. The van der Waals surface area contributed by atoms with Gasteiger partial charge in [0, 0.05) is 55.3 Å². The number of hydrogen-bond donors (Lipinski definition) is 1. The van der Waals surface area contributed by atoms with Gasteiger partial charge < -0.3 is 19.7 Å². The summed E-state index contributed by atoms with van der Waals surface area (Å²) in [5, 5.41) is 7.90. The number of hydrogen-bond acceptors (Lipinski definition) is 7. The molecular weight excluding hydrogens is 494 g/mol. The summed E-state index contributed by atoms with van der Waals surface area (Å²) < 4.78 is 12.4. The molecule has 9 nitrogen and oxygen atoms in total. The van der Waals surface area contributed by atoms with Crippen LogP contribution in [0.4, 0.5) is 0 Å². The van der Waals surface area contributed by atoms with Gasteiger partial charge in [-0.3, -0.25) is 9.59 Å². The van der Waals surface area contributed by atoms with Crippen LogP contribution < -0.4 is 14.8 Å². The largest absolute Gasteiger partial charge is 0.493 e. The minimum absolute atomic E-state index is 0.0255. The maximum Gasteiger partial charge on any atom is 0.274 e. The number of benzene rings is 1. The highest BCUT2D eigenvalue weighted by Gasteiger charge is 2.61. The van der Waals surface area contributed by atoms with Crippen molar-refractivity contribution in [3.8, 4) is 22.8 Å². The van der Waals surface area contributed by atoms with Crippen molar-refractivity contribution in [1.29, 1.82) is 0 Å². The van der Waals surface area contributed by atoms with Crippen molar-refractivity contribution in [2.75, 3.05) is 33.9 Å². The van der Waals surface area contributed by atoms with Gasteiger partial charge in [-0.25, -0.2) is 9.50 Å². The summed E-state index contributed by atoms with van der Waals surface area (Å²) in [6, 6.07) is 9.53. The van der Waals surface area contributed by atoms with Gasteiger partial charge in [0.25, 0.3) is 5.91 Å². The van der Waals surface area contributed by atoms with E-state index in [1.54, 1.807) is 31.0 Å². The molecule has 1 aromatic carbocycles. The summed E-state index contributed by atoms with van der Waals surface area (Å²) in [7, 11) is 3.20. The summed E-state index contributed by atoms with van der Waals surface area (Å²) in [5.41, 5.74) is 3.04. The van der Waals surface area contributed by atoms with Crippen LogP contribution in [0.25, 0.3) is 16.9 Å². The van der Waals surface area contributed by atoms with Crippen LogP contribution >= 0.6 is 0 Å². The van der Waals surface area contributed by atoms with Gasteiger partial charge >= 0.3 is 0 Å². The molecule has 1 N–H and O–H groups in total. The van der Waals surface area contributed by atoms with Crippen LogP contribution in [-0.4, -0.2) is 71.1 Å². The molecule has 1 aliphatic heterocycles. The Balaban J connectivity index is 0.000000233. The van der Waals surface area contributed by atoms with E-state index in [2.05, 4.69) is 43.1 Å². The zero-order chi connectivity index (χ0) is 27.9. The summed E-state index contributed by atoms with van der Waals surface area (Å²) >= 11 is 0. The second-order valence-corrected chi connectivity index (χ2v) is 11.7. The Kier molecular flexibility index (Phi) is 7.13. The second kappa shape index (κ2) is 10.3. The molecule has 1 saturated heterocycles. The van der Waals surface area contributed by atoms with Gasteiger partial charge in [-0.05, 0) is 55.4 Å². The molecule has 2 aliphatic carbocycles. The monoisotopic (exact) mass is 533 g/mol. The van der Waals surface area contributed by atoms with E-state index in [-0.39, 0.29) is 22.8 Å². The molecule has 3 heterocycles. The van der Waals surface area contributed by atoms with E-state index in [9.17, 15) is 9.59 Å². The fourth-order valence-corrected chi connectivity index (χ4v) is 6.39. The highest BCUT2D eigenvalue weighted by Crippen LogP contribution is 2.63. The molecule has 6 rings (SSSR count). The van der Waals surface area contributed by atoms with E-state index < -0.39 is 0 Å². The molecule has 2 aromatic heterocycles. The smallest absolute Gasteiger partial charge is 0.274 e. The number of aromatic nitrogens is 3. The number of fused-ring (bicyclic) bond motifs is 3. The fourth-order valence-electron chi connectivity index (χ4n) is 6.39. The predicted molar refractivity (Wildman–Crippen MR) is 149 cm³/mol. The van der Waals surface area contributed by atoms with Crippen molar-refractivity contribution in [2.45, 2.75) is 53.0 Å². The third-order valence-corrected chi connectivity index (χ3v) is 9.40. The molecule has 208 valence electrons. The molecule has 3 aromatic rings. The van der Waals surface area contributed by atoms with E-state index in [1.807, 2.05) is 29.2 Å². The molecule has 3 aliphatic rings. The minimum atomic E-state index is -0.0721. The van der Waals surface area contributed by atoms with Crippen LogP contribution in [0.3, 0.4) is 0 Å². The van der Waals surface area contributed by atoms with Gasteiger partial charge in [0.05, 0.1) is 19.9 Å². The molecular formula is C30H39N5O4. The number of rotatable bonds is 4. The van der Waals surface area contributed by atoms with Gasteiger partial charge in [-0.2, -0.15) is 5.10 Å². The van der Waals surface area contributed by atoms with Crippen LogP contribution in [0.1, 0.15) is 57.4 Å². The number of Topliss-reactive ketones (excluding diaryl/α,β-unsaturated/α-hetero) is 1. The zero-order valence-corrected chi connectivity index (χ0v) is 23.8. The fraction of sp³-hybridized carbons (Fsp3) is 0.533. The number of carbonyl (C=O) groups excluding carboxylic acids is 2. The number of ketones is 1. The van der Waals surface area contributed by atoms with Crippen molar-refractivity contribution >= 4 is 17.3 Å². The SMILES string of the molecule is CC12CCC(CC1=O)C2(C)C.COc1ccc(-c2ccnc3cc(C(=O)N4CCN[C@@H](C)C4)nn23)cc1OC. The van der Waals surface area contributed by atoms with Crippen molar-refractivity contribution in [2.24, 2.45) is 16.7 Å². The Hall–Kier alpha value is -3.46. The first-order chi connectivity index (χ1) is 18.6. The summed E-state index contributed by atoms with van der Waals surface area (Å²) in [6.45, 7) is 10.9. The molecule has 0 spiro atoms. The summed E-state index contributed by atoms with van der Waals surface area (Å²) in [4.78, 5) is 30.7. The van der Waals surface area contributed by atoms with E-state index >= 15 is 0 Å². The first-order valence-electron chi connectivity index (χ1n) is 13.7. The highest BCUT2D eigenvalue weighted by molar-refractivity contribution is 5.93. The standard InChI is InChI=1S/C20H23N5O3.C10H16O/c1-13-12-24(9-8-21-13)20(26)15-11-19-22-7-6-16(25(19)23-15)14-4-5-17(27-2)18(10-14)28-3;1-9(2)7-4-5-10(9,3)8(11)6-7/h4-7,10-11,13,21H,8-9,12H2,1-3H3;7H,4-6H2,1-3H3/t13-;/m0./s1. The second-order valence-electron chi connectivity index (χ2n) is 11.7. The van der Waals surface area contributed by atoms with E-state index in [1.165, 1.54) is 6.42 Å². The first kappa shape index (κ1) is 27.1. The van der Waals surface area contributed by atoms with Gasteiger partial charge in [-0.1, -0.05) is 20.8 Å². The van der Waals surface area contributed by atoms with Crippen LogP contribution in [0.5, 0.6) is 11.5 Å². The lowest BCUT2D eigenvalue weighted by Gasteiger charge is -2.32. The Morgan fingerprint density at radius 2 is 1.87 bits per heavy atom. The maximum atomic E-state index is 12.9. The highest BCUT2D eigenvalue weighted by atomic mass is 16.5. The normalized spacial score (nSPS) is 25.4. The lowest BCUT2D eigenvalue weighted by atomic mass is 9.70. The average molecular weight is 534 g/mol. The number of carbonyl (C=O) groups is 2. The molecule has 0 radical (unpaired) electrons. The average Bonchev–Trinajstić information content (AvgIpc) is 3.52. The summed E-state index contributed by atoms with van der Waals surface area (Å²) in [5.74, 6) is 2.40. The Morgan fingerprint density at radius 3 is 2.46 bits per heavy atom. The molecule has 39 heavy (non-hydrogen) atoms. The molecule has 2 saturated carbocycles. The molecule has 1 amide bonds. The Bertz CT molecular complexity index is 1400. The van der Waals surface area contributed by atoms with Gasteiger partial charge in [0.15, 0.2) is 22.8 Å². The number of methoxy groups -OCH3 is 2. The van der Waals surface area contributed by atoms with E-state index in [4.69, 9.17) is 9.47 Å². The molecule has 3 fully saturated rings.